The van der Waals surface area contributed by atoms with Crippen molar-refractivity contribution in [2.24, 2.45) is 0 Å². The second-order valence-corrected chi connectivity index (χ2v) is 3.13. The van der Waals surface area contributed by atoms with Crippen molar-refractivity contribution in [3.05, 3.63) is 39.9 Å². The highest BCUT2D eigenvalue weighted by atomic mass is 16.6. The minimum absolute atomic E-state index is 0.0873. The van der Waals surface area contributed by atoms with Crippen LogP contribution in [0.3, 0.4) is 0 Å². The molecule has 0 aliphatic carbocycles. The number of nitro benzene ring substituents is 1. The van der Waals surface area contributed by atoms with Crippen LogP contribution in [-0.2, 0) is 4.79 Å². The fraction of sp³-hybridized carbons (Fsp3) is 0.200. The normalized spacial score (nSPS) is 11.4. The number of carboxylic acids is 1. The molecule has 0 saturated carbocycles. The molecule has 1 aromatic rings. The van der Waals surface area contributed by atoms with Gasteiger partial charge >= 0.3 is 5.97 Å². The molecule has 1 N–H and O–H groups in total. The van der Waals surface area contributed by atoms with Gasteiger partial charge in [0.2, 0.25) is 0 Å². The van der Waals surface area contributed by atoms with Crippen LogP contribution in [0.1, 0.15) is 17.9 Å². The van der Waals surface area contributed by atoms with E-state index < -0.39 is 16.8 Å². The molecule has 16 heavy (non-hydrogen) atoms. The van der Waals surface area contributed by atoms with Gasteiger partial charge in [0, 0.05) is 12.1 Å². The monoisotopic (exact) mass is 220 g/mol. The summed E-state index contributed by atoms with van der Waals surface area (Å²) in [7, 11) is 0. The van der Waals surface area contributed by atoms with Crippen molar-refractivity contribution < 1.29 is 14.8 Å². The van der Waals surface area contributed by atoms with Crippen LogP contribution in [0.15, 0.2) is 24.3 Å². The molecule has 0 radical (unpaired) electrons. The molecule has 1 rings (SSSR count). The molecular formula is C10H8N2O4. The Labute approximate surface area is 90.9 Å². The Bertz CT molecular complexity index is 447. The van der Waals surface area contributed by atoms with Crippen LogP contribution < -0.4 is 0 Å². The first-order valence-electron chi connectivity index (χ1n) is 4.40. The van der Waals surface area contributed by atoms with Crippen LogP contribution in [0.25, 0.3) is 0 Å². The van der Waals surface area contributed by atoms with Crippen LogP contribution >= 0.6 is 0 Å². The second kappa shape index (κ2) is 4.89. The molecule has 0 saturated heterocycles. The quantitative estimate of drug-likeness (QED) is 0.613. The zero-order valence-corrected chi connectivity index (χ0v) is 8.16. The SMILES string of the molecule is N#CC(CC(=O)O)c1ccc([N+](=O)[O-])cc1. The molecule has 1 atom stereocenters. The molecule has 0 fully saturated rings. The summed E-state index contributed by atoms with van der Waals surface area (Å²) < 4.78 is 0. The van der Waals surface area contributed by atoms with Crippen molar-refractivity contribution in [1.29, 1.82) is 5.26 Å². The average molecular weight is 220 g/mol. The molecule has 1 aromatic carbocycles. The molecular weight excluding hydrogens is 212 g/mol. The van der Waals surface area contributed by atoms with E-state index in [4.69, 9.17) is 10.4 Å². The van der Waals surface area contributed by atoms with E-state index in [1.54, 1.807) is 0 Å². The molecule has 6 nitrogen and oxygen atoms in total. The highest BCUT2D eigenvalue weighted by molar-refractivity contribution is 5.68. The standard InChI is InChI=1S/C10H8N2O4/c11-6-8(5-10(13)14)7-1-3-9(4-2-7)12(15)16/h1-4,8H,5H2,(H,13,14). The molecule has 0 amide bonds. The molecule has 0 aliphatic heterocycles. The predicted octanol–water partition coefficient (Wildman–Crippen LogP) is 1.68. The third kappa shape index (κ3) is 2.78. The Kier molecular flexibility index (Phi) is 3.56. The van der Waals surface area contributed by atoms with Gasteiger partial charge in [0.15, 0.2) is 0 Å². The molecule has 0 bridgehead atoms. The topological polar surface area (TPSA) is 104 Å². The van der Waals surface area contributed by atoms with E-state index in [1.165, 1.54) is 24.3 Å². The Morgan fingerprint density at radius 1 is 1.50 bits per heavy atom. The summed E-state index contributed by atoms with van der Waals surface area (Å²) in [6.45, 7) is 0. The number of hydrogen-bond acceptors (Lipinski definition) is 4. The van der Waals surface area contributed by atoms with Gasteiger partial charge < -0.3 is 5.11 Å². The first-order chi connectivity index (χ1) is 7.54. The van der Waals surface area contributed by atoms with Crippen LogP contribution in [0.5, 0.6) is 0 Å². The Balaban J connectivity index is 2.91. The highest BCUT2D eigenvalue weighted by Gasteiger charge is 2.15. The van der Waals surface area contributed by atoms with Gasteiger partial charge in [-0.05, 0) is 5.56 Å². The predicted molar refractivity (Wildman–Crippen MR) is 53.7 cm³/mol. The molecule has 0 aromatic heterocycles. The first kappa shape index (κ1) is 11.7. The summed E-state index contributed by atoms with van der Waals surface area (Å²) in [5.41, 5.74) is 0.381. The van der Waals surface area contributed by atoms with Gasteiger partial charge in [-0.15, -0.1) is 0 Å². The van der Waals surface area contributed by atoms with Crippen molar-refractivity contribution in [2.75, 3.05) is 0 Å². The van der Waals surface area contributed by atoms with Crippen molar-refractivity contribution >= 4 is 11.7 Å². The van der Waals surface area contributed by atoms with Crippen LogP contribution in [0.2, 0.25) is 0 Å². The van der Waals surface area contributed by atoms with Gasteiger partial charge in [-0.25, -0.2) is 0 Å². The number of rotatable bonds is 4. The Morgan fingerprint density at radius 2 is 2.06 bits per heavy atom. The third-order valence-corrected chi connectivity index (χ3v) is 2.04. The van der Waals surface area contributed by atoms with Crippen molar-refractivity contribution in [1.82, 2.24) is 0 Å². The summed E-state index contributed by atoms with van der Waals surface area (Å²) >= 11 is 0. The number of aliphatic carboxylic acids is 1. The fourth-order valence-electron chi connectivity index (χ4n) is 1.24. The van der Waals surface area contributed by atoms with Gasteiger partial charge in [-0.1, -0.05) is 12.1 Å². The fourth-order valence-corrected chi connectivity index (χ4v) is 1.24. The first-order valence-corrected chi connectivity index (χ1v) is 4.40. The average Bonchev–Trinajstić information content (AvgIpc) is 2.25. The van der Waals surface area contributed by atoms with Gasteiger partial charge in [0.25, 0.3) is 5.69 Å². The summed E-state index contributed by atoms with van der Waals surface area (Å²) in [5.74, 6) is -1.86. The van der Waals surface area contributed by atoms with E-state index in [-0.39, 0.29) is 12.1 Å². The number of benzene rings is 1. The number of carbonyl (C=O) groups is 1. The molecule has 0 aliphatic rings. The van der Waals surface area contributed by atoms with E-state index in [0.29, 0.717) is 5.56 Å². The van der Waals surface area contributed by atoms with Gasteiger partial charge in [-0.2, -0.15) is 5.26 Å². The Hall–Kier alpha value is -2.42. The van der Waals surface area contributed by atoms with Crippen LogP contribution in [-0.4, -0.2) is 16.0 Å². The molecule has 0 heterocycles. The summed E-state index contributed by atoms with van der Waals surface area (Å²) in [6.07, 6.45) is -0.311. The minimum atomic E-state index is -1.08. The molecule has 1 unspecified atom stereocenters. The van der Waals surface area contributed by atoms with E-state index in [0.717, 1.165) is 0 Å². The number of nitro groups is 1. The van der Waals surface area contributed by atoms with Crippen molar-refractivity contribution in [3.63, 3.8) is 0 Å². The van der Waals surface area contributed by atoms with Gasteiger partial charge in [-0.3, -0.25) is 14.9 Å². The molecule has 0 spiro atoms. The lowest BCUT2D eigenvalue weighted by Gasteiger charge is -2.05. The van der Waals surface area contributed by atoms with Gasteiger partial charge in [0.1, 0.15) is 0 Å². The van der Waals surface area contributed by atoms with E-state index in [9.17, 15) is 14.9 Å². The number of nitriles is 1. The molecule has 6 heteroatoms. The minimum Gasteiger partial charge on any atom is -0.481 e. The maximum Gasteiger partial charge on any atom is 0.305 e. The van der Waals surface area contributed by atoms with Crippen molar-refractivity contribution in [2.45, 2.75) is 12.3 Å². The number of hydrogen-bond donors (Lipinski definition) is 1. The maximum atomic E-state index is 10.5. The lowest BCUT2D eigenvalue weighted by atomic mass is 9.97. The lowest BCUT2D eigenvalue weighted by Crippen LogP contribution is -2.04. The zero-order chi connectivity index (χ0) is 12.1. The zero-order valence-electron chi connectivity index (χ0n) is 8.16. The smallest absolute Gasteiger partial charge is 0.305 e. The lowest BCUT2D eigenvalue weighted by molar-refractivity contribution is -0.384. The second-order valence-electron chi connectivity index (χ2n) is 3.13. The molecule has 82 valence electrons. The van der Waals surface area contributed by atoms with Crippen LogP contribution in [0.4, 0.5) is 5.69 Å². The maximum absolute atomic E-state index is 10.5. The van der Waals surface area contributed by atoms with E-state index in [1.807, 2.05) is 6.07 Å². The number of carboxylic acid groups (broad SMARTS) is 1. The Morgan fingerprint density at radius 3 is 2.44 bits per heavy atom. The largest absolute Gasteiger partial charge is 0.481 e. The summed E-state index contributed by atoms with van der Waals surface area (Å²) in [5, 5.41) is 27.7. The highest BCUT2D eigenvalue weighted by Crippen LogP contribution is 2.21. The number of nitrogens with zero attached hydrogens (tertiary/aromatic N) is 2. The number of non-ortho nitro benzene ring substituents is 1. The summed E-state index contributed by atoms with van der Waals surface area (Å²) in [6, 6.07) is 7.15. The third-order valence-electron chi connectivity index (χ3n) is 2.04. The van der Waals surface area contributed by atoms with E-state index in [2.05, 4.69) is 0 Å². The van der Waals surface area contributed by atoms with Crippen LogP contribution in [0, 0.1) is 21.4 Å². The van der Waals surface area contributed by atoms with Crippen molar-refractivity contribution in [3.8, 4) is 6.07 Å². The summed E-state index contributed by atoms with van der Waals surface area (Å²) in [4.78, 5) is 20.3. The van der Waals surface area contributed by atoms with E-state index >= 15 is 0 Å². The van der Waals surface area contributed by atoms with Gasteiger partial charge in [0.05, 0.1) is 23.3 Å².